The number of rotatable bonds is 6. The molecular formula is C8H18MoO6P2. The van der Waals surface area contributed by atoms with Gasteiger partial charge in [0.2, 0.25) is 0 Å². The van der Waals surface area contributed by atoms with E-state index in [9.17, 15) is 28.7 Å². The predicted molar refractivity (Wildman–Crippen MR) is 54.8 cm³/mol. The van der Waals surface area contributed by atoms with Gasteiger partial charge in [0, 0.05) is 0 Å². The van der Waals surface area contributed by atoms with Crippen molar-refractivity contribution in [3.05, 3.63) is 0 Å². The van der Waals surface area contributed by atoms with E-state index in [1.165, 1.54) is 0 Å². The molecule has 102 valence electrons. The molecule has 0 atom stereocenters. The van der Waals surface area contributed by atoms with Gasteiger partial charge >= 0.3 is 21.1 Å². The second-order valence-corrected chi connectivity index (χ2v) is 6.71. The Kier molecular flexibility index (Phi) is 16.4. The third-order valence-corrected chi connectivity index (χ3v) is 3.30. The number of unbranched alkanes of at least 4 members (excludes halogenated alkanes) is 2. The van der Waals surface area contributed by atoms with E-state index in [0.717, 1.165) is 12.8 Å². The minimum atomic E-state index is -4.18. The van der Waals surface area contributed by atoms with Crippen molar-refractivity contribution in [1.29, 1.82) is 0 Å². The molecule has 17 heavy (non-hydrogen) atoms. The standard InChI is InChI=1S/2C4H11O3P.Mo/c2*1-2-3-4-8(5,6)7;/h2*2-4H2,1H3,(H2,5,6,7);/q;;+4/p-4. The molecule has 0 saturated heterocycles. The molecule has 0 rings (SSSR count). The van der Waals surface area contributed by atoms with Crippen LogP contribution in [0.15, 0.2) is 0 Å². The van der Waals surface area contributed by atoms with E-state index >= 15 is 0 Å². The summed E-state index contributed by atoms with van der Waals surface area (Å²) in [5.74, 6) is 0. The fourth-order valence-corrected chi connectivity index (χ4v) is 2.11. The summed E-state index contributed by atoms with van der Waals surface area (Å²) in [6.45, 7) is 3.69. The first kappa shape index (κ1) is 23.1. The van der Waals surface area contributed by atoms with Gasteiger partial charge in [-0.3, -0.25) is 0 Å². The molecule has 0 N–H and O–H groups in total. The van der Waals surface area contributed by atoms with Gasteiger partial charge in [-0.05, 0) is 25.2 Å². The van der Waals surface area contributed by atoms with Gasteiger partial charge in [0.15, 0.2) is 0 Å². The molecule has 0 aliphatic heterocycles. The minimum Gasteiger partial charge on any atom is -0.811 e. The molecule has 0 amide bonds. The topological polar surface area (TPSA) is 126 Å². The molecule has 0 aromatic heterocycles. The zero-order valence-electron chi connectivity index (χ0n) is 9.99. The molecule has 0 radical (unpaired) electrons. The zero-order chi connectivity index (χ0) is 13.2. The maximum atomic E-state index is 9.86. The van der Waals surface area contributed by atoms with Crippen LogP contribution in [0.3, 0.4) is 0 Å². The second-order valence-electron chi connectivity index (χ2n) is 3.38. The maximum Gasteiger partial charge on any atom is 4.00 e. The van der Waals surface area contributed by atoms with Crippen molar-refractivity contribution < 1.29 is 49.8 Å². The molecule has 6 nitrogen and oxygen atoms in total. The van der Waals surface area contributed by atoms with Crippen molar-refractivity contribution in [2.24, 2.45) is 0 Å². The van der Waals surface area contributed by atoms with Gasteiger partial charge in [0.25, 0.3) is 0 Å². The smallest absolute Gasteiger partial charge is 0.811 e. The molecule has 0 aliphatic carbocycles. The summed E-state index contributed by atoms with van der Waals surface area (Å²) in [4.78, 5) is 39.4. The van der Waals surface area contributed by atoms with Crippen molar-refractivity contribution in [3.63, 3.8) is 0 Å². The van der Waals surface area contributed by atoms with E-state index in [2.05, 4.69) is 0 Å². The number of hydrogen-bond acceptors (Lipinski definition) is 6. The van der Waals surface area contributed by atoms with E-state index in [0.29, 0.717) is 12.8 Å². The predicted octanol–water partition coefficient (Wildman–Crippen LogP) is -0.602. The average Bonchev–Trinajstić information content (AvgIpc) is 2.10. The zero-order valence-corrected chi connectivity index (χ0v) is 13.8. The van der Waals surface area contributed by atoms with Crippen molar-refractivity contribution in [3.8, 4) is 0 Å². The normalized spacial score (nSPS) is 11.2. The van der Waals surface area contributed by atoms with Crippen LogP contribution in [-0.2, 0) is 30.2 Å². The van der Waals surface area contributed by atoms with Crippen LogP contribution in [0.25, 0.3) is 0 Å². The molecule has 9 heteroatoms. The van der Waals surface area contributed by atoms with E-state index in [1.807, 2.05) is 13.8 Å². The Balaban J connectivity index is -0.000000218. The monoisotopic (exact) mass is 370 g/mol. The molecular weight excluding hydrogens is 350 g/mol. The van der Waals surface area contributed by atoms with Crippen LogP contribution in [0.4, 0.5) is 0 Å². The van der Waals surface area contributed by atoms with E-state index in [-0.39, 0.29) is 33.4 Å². The SMILES string of the molecule is CCCCP(=O)([O-])[O-].CCCCP(=O)([O-])[O-].[Mo+4]. The summed E-state index contributed by atoms with van der Waals surface area (Å²) < 4.78 is 19.7. The van der Waals surface area contributed by atoms with E-state index < -0.39 is 15.2 Å². The first-order valence-corrected chi connectivity index (χ1v) is 8.60. The summed E-state index contributed by atoms with van der Waals surface area (Å²) in [5.41, 5.74) is 0. The van der Waals surface area contributed by atoms with Gasteiger partial charge in [-0.2, -0.15) is 0 Å². The molecule has 0 spiro atoms. The molecule has 0 saturated carbocycles. The molecule has 0 bridgehead atoms. The Hall–Kier alpha value is 0.988. The van der Waals surface area contributed by atoms with Gasteiger partial charge in [0.1, 0.15) is 0 Å². The van der Waals surface area contributed by atoms with Crippen LogP contribution >= 0.6 is 15.2 Å². The van der Waals surface area contributed by atoms with Gasteiger partial charge in [-0.15, -0.1) is 0 Å². The average molecular weight is 368 g/mol. The van der Waals surface area contributed by atoms with Crippen molar-refractivity contribution in [2.45, 2.75) is 39.5 Å². The third kappa shape index (κ3) is 31.6. The Morgan fingerprint density at radius 1 is 0.765 bits per heavy atom. The molecule has 0 aromatic carbocycles. The van der Waals surface area contributed by atoms with Crippen LogP contribution in [0.2, 0.25) is 0 Å². The van der Waals surface area contributed by atoms with Crippen LogP contribution in [0.5, 0.6) is 0 Å². The van der Waals surface area contributed by atoms with E-state index in [4.69, 9.17) is 0 Å². The Morgan fingerprint density at radius 3 is 1.06 bits per heavy atom. The van der Waals surface area contributed by atoms with Crippen molar-refractivity contribution in [1.82, 2.24) is 0 Å². The van der Waals surface area contributed by atoms with Crippen LogP contribution in [-0.4, -0.2) is 12.3 Å². The first-order valence-electron chi connectivity index (χ1n) is 5.14. The van der Waals surface area contributed by atoms with Gasteiger partial charge < -0.3 is 28.7 Å². The fourth-order valence-electron chi connectivity index (χ4n) is 0.704. The Morgan fingerprint density at radius 2 is 1.00 bits per heavy atom. The molecule has 0 aromatic rings. The van der Waals surface area contributed by atoms with Crippen molar-refractivity contribution >= 4 is 15.2 Å². The van der Waals surface area contributed by atoms with Crippen molar-refractivity contribution in [2.75, 3.05) is 12.3 Å². The van der Waals surface area contributed by atoms with Crippen LogP contribution < -0.4 is 19.6 Å². The van der Waals surface area contributed by atoms with Crippen LogP contribution in [0.1, 0.15) is 39.5 Å². The summed E-state index contributed by atoms with van der Waals surface area (Å²) in [5, 5.41) is 0. The quantitative estimate of drug-likeness (QED) is 0.455. The summed E-state index contributed by atoms with van der Waals surface area (Å²) >= 11 is 0. The number of hydrogen-bond donors (Lipinski definition) is 0. The maximum absolute atomic E-state index is 9.86. The summed E-state index contributed by atoms with van der Waals surface area (Å²) in [7, 11) is -8.36. The first-order chi connectivity index (χ1) is 7.12. The molecule has 0 unspecified atom stereocenters. The summed E-state index contributed by atoms with van der Waals surface area (Å²) in [6.07, 6.45) is 2.12. The second kappa shape index (κ2) is 12.0. The van der Waals surface area contributed by atoms with Gasteiger partial charge in [-0.25, -0.2) is 0 Å². The summed E-state index contributed by atoms with van der Waals surface area (Å²) in [6, 6.07) is 0. The van der Waals surface area contributed by atoms with Gasteiger partial charge in [0.05, 0.1) is 0 Å². The Labute approximate surface area is 117 Å². The minimum absolute atomic E-state index is 0. The van der Waals surface area contributed by atoms with E-state index in [1.54, 1.807) is 0 Å². The third-order valence-electron chi connectivity index (χ3n) is 1.57. The molecule has 0 heterocycles. The van der Waals surface area contributed by atoms with Crippen LogP contribution in [0, 0.1) is 0 Å². The fraction of sp³-hybridized carbons (Fsp3) is 1.00. The molecule has 0 aliphatic rings. The molecule has 0 fully saturated rings. The largest absolute Gasteiger partial charge is 4.00 e. The Bertz CT molecular complexity index is 222. The van der Waals surface area contributed by atoms with Gasteiger partial charge in [-0.1, -0.05) is 41.9 Å².